The number of nitrogens with zero attached hydrogens (tertiary/aromatic N) is 2. The van der Waals surface area contributed by atoms with Gasteiger partial charge < -0.3 is 8.83 Å². The summed E-state index contributed by atoms with van der Waals surface area (Å²) in [5, 5.41) is 4.16. The van der Waals surface area contributed by atoms with Crippen LogP contribution in [0.2, 0.25) is 0 Å². The van der Waals surface area contributed by atoms with Crippen LogP contribution in [0.5, 0.6) is 0 Å². The molecular formula is C15H14N2O3. The molecule has 102 valence electrons. The van der Waals surface area contributed by atoms with Gasteiger partial charge in [-0.1, -0.05) is 23.8 Å². The van der Waals surface area contributed by atoms with Crippen LogP contribution in [-0.4, -0.2) is 9.78 Å². The Bertz CT molecular complexity index is 782. The molecule has 0 fully saturated rings. The smallest absolute Gasteiger partial charge is 0.437 e. The Morgan fingerprint density at radius 3 is 2.85 bits per heavy atom. The number of furan rings is 1. The first kappa shape index (κ1) is 12.5. The molecule has 0 unspecified atom stereocenters. The second-order valence-electron chi connectivity index (χ2n) is 4.74. The van der Waals surface area contributed by atoms with Crippen molar-refractivity contribution >= 4 is 0 Å². The summed E-state index contributed by atoms with van der Waals surface area (Å²) in [4.78, 5) is 11.8. The van der Waals surface area contributed by atoms with Crippen LogP contribution in [0.3, 0.4) is 0 Å². The second-order valence-corrected chi connectivity index (χ2v) is 4.74. The lowest BCUT2D eigenvalue weighted by molar-refractivity contribution is 0.476. The zero-order valence-electron chi connectivity index (χ0n) is 11.3. The van der Waals surface area contributed by atoms with Crippen molar-refractivity contribution < 1.29 is 8.83 Å². The number of benzene rings is 1. The molecule has 0 aliphatic rings. The molecule has 3 aromatic rings. The van der Waals surface area contributed by atoms with E-state index < -0.39 is 5.76 Å². The predicted octanol–water partition coefficient (Wildman–Crippen LogP) is 2.76. The van der Waals surface area contributed by atoms with E-state index in [1.807, 2.05) is 32.0 Å². The molecule has 2 aromatic heterocycles. The van der Waals surface area contributed by atoms with Crippen molar-refractivity contribution in [2.45, 2.75) is 20.4 Å². The molecule has 5 nitrogen and oxygen atoms in total. The summed E-state index contributed by atoms with van der Waals surface area (Å²) >= 11 is 0. The van der Waals surface area contributed by atoms with Crippen LogP contribution in [-0.2, 0) is 6.54 Å². The van der Waals surface area contributed by atoms with Gasteiger partial charge in [-0.25, -0.2) is 4.79 Å². The van der Waals surface area contributed by atoms with Gasteiger partial charge in [0.2, 0.25) is 0 Å². The van der Waals surface area contributed by atoms with Gasteiger partial charge in [-0.2, -0.15) is 4.68 Å². The van der Waals surface area contributed by atoms with Gasteiger partial charge in [0.1, 0.15) is 0 Å². The predicted molar refractivity (Wildman–Crippen MR) is 73.5 cm³/mol. The summed E-state index contributed by atoms with van der Waals surface area (Å²) < 4.78 is 11.6. The molecule has 5 heteroatoms. The molecule has 0 N–H and O–H groups in total. The molecular weight excluding hydrogens is 256 g/mol. The Labute approximate surface area is 115 Å². The van der Waals surface area contributed by atoms with E-state index in [9.17, 15) is 4.79 Å². The van der Waals surface area contributed by atoms with Crippen molar-refractivity contribution in [1.82, 2.24) is 9.78 Å². The highest BCUT2D eigenvalue weighted by molar-refractivity contribution is 5.42. The monoisotopic (exact) mass is 270 g/mol. The molecule has 2 heterocycles. The minimum Gasteiger partial charge on any atom is -0.459 e. The van der Waals surface area contributed by atoms with Gasteiger partial charge in [0, 0.05) is 0 Å². The minimum atomic E-state index is -0.489. The van der Waals surface area contributed by atoms with E-state index in [0.717, 1.165) is 16.7 Å². The van der Waals surface area contributed by atoms with Crippen LogP contribution in [0.25, 0.3) is 11.7 Å². The first-order valence-corrected chi connectivity index (χ1v) is 6.31. The van der Waals surface area contributed by atoms with E-state index in [4.69, 9.17) is 8.83 Å². The van der Waals surface area contributed by atoms with E-state index in [-0.39, 0.29) is 5.89 Å². The molecule has 0 radical (unpaired) electrons. The normalized spacial score (nSPS) is 10.9. The fourth-order valence-electron chi connectivity index (χ4n) is 2.04. The molecule has 0 aliphatic heterocycles. The molecule has 1 aromatic carbocycles. The molecule has 0 bridgehead atoms. The summed E-state index contributed by atoms with van der Waals surface area (Å²) in [6, 6.07) is 9.54. The Kier molecular flexibility index (Phi) is 3.02. The molecule has 0 amide bonds. The lowest BCUT2D eigenvalue weighted by Crippen LogP contribution is -2.17. The summed E-state index contributed by atoms with van der Waals surface area (Å²) in [5.74, 6) is 0.157. The zero-order chi connectivity index (χ0) is 14.1. The third kappa shape index (κ3) is 2.30. The Morgan fingerprint density at radius 1 is 1.25 bits per heavy atom. The second kappa shape index (κ2) is 4.85. The van der Waals surface area contributed by atoms with Gasteiger partial charge in [-0.3, -0.25) is 0 Å². The van der Waals surface area contributed by atoms with Crippen molar-refractivity contribution in [2.24, 2.45) is 0 Å². The van der Waals surface area contributed by atoms with Crippen LogP contribution >= 0.6 is 0 Å². The third-order valence-electron chi connectivity index (χ3n) is 3.16. The van der Waals surface area contributed by atoms with Crippen LogP contribution in [0.15, 0.2) is 50.2 Å². The number of rotatable bonds is 3. The third-order valence-corrected chi connectivity index (χ3v) is 3.16. The van der Waals surface area contributed by atoms with Gasteiger partial charge in [-0.05, 0) is 37.1 Å². The molecule has 0 saturated heterocycles. The SMILES string of the molecule is Cc1ccc(C)c(Cn2nc(-c3ccco3)oc2=O)c1. The van der Waals surface area contributed by atoms with Gasteiger partial charge in [0.25, 0.3) is 5.89 Å². The number of aryl methyl sites for hydroxylation is 2. The Hall–Kier alpha value is -2.56. The van der Waals surface area contributed by atoms with E-state index in [1.165, 1.54) is 10.9 Å². The van der Waals surface area contributed by atoms with E-state index >= 15 is 0 Å². The van der Waals surface area contributed by atoms with Crippen molar-refractivity contribution in [3.8, 4) is 11.7 Å². The van der Waals surface area contributed by atoms with Crippen LogP contribution in [0, 0.1) is 13.8 Å². The van der Waals surface area contributed by atoms with Crippen LogP contribution in [0.1, 0.15) is 16.7 Å². The summed E-state index contributed by atoms with van der Waals surface area (Å²) in [6.07, 6.45) is 1.51. The molecule has 0 atom stereocenters. The molecule has 0 aliphatic carbocycles. The molecule has 20 heavy (non-hydrogen) atoms. The van der Waals surface area contributed by atoms with Gasteiger partial charge in [0.15, 0.2) is 5.76 Å². The topological polar surface area (TPSA) is 61.2 Å². The maximum Gasteiger partial charge on any atom is 0.437 e. The van der Waals surface area contributed by atoms with Gasteiger partial charge in [-0.15, -0.1) is 5.10 Å². The maximum absolute atomic E-state index is 11.8. The fraction of sp³-hybridized carbons (Fsp3) is 0.200. The van der Waals surface area contributed by atoms with E-state index in [2.05, 4.69) is 5.10 Å². The Balaban J connectivity index is 1.95. The zero-order valence-corrected chi connectivity index (χ0v) is 11.3. The molecule has 3 rings (SSSR count). The number of hydrogen-bond acceptors (Lipinski definition) is 4. The summed E-state index contributed by atoms with van der Waals surface area (Å²) in [5.41, 5.74) is 3.31. The number of aromatic nitrogens is 2. The lowest BCUT2D eigenvalue weighted by atomic mass is 10.1. The average Bonchev–Trinajstić information content (AvgIpc) is 3.04. The van der Waals surface area contributed by atoms with Crippen LogP contribution < -0.4 is 5.76 Å². The Morgan fingerprint density at radius 2 is 2.10 bits per heavy atom. The first-order valence-electron chi connectivity index (χ1n) is 6.31. The number of hydrogen-bond donors (Lipinski definition) is 0. The van der Waals surface area contributed by atoms with Crippen molar-refractivity contribution in [2.75, 3.05) is 0 Å². The van der Waals surface area contributed by atoms with Crippen LogP contribution in [0.4, 0.5) is 0 Å². The quantitative estimate of drug-likeness (QED) is 0.734. The molecule has 0 saturated carbocycles. The molecule has 0 spiro atoms. The van der Waals surface area contributed by atoms with Crippen molar-refractivity contribution in [3.05, 3.63) is 63.8 Å². The highest BCUT2D eigenvalue weighted by Crippen LogP contribution is 2.16. The van der Waals surface area contributed by atoms with Crippen molar-refractivity contribution in [3.63, 3.8) is 0 Å². The first-order chi connectivity index (χ1) is 9.63. The lowest BCUT2D eigenvalue weighted by Gasteiger charge is -2.05. The van der Waals surface area contributed by atoms with E-state index in [1.54, 1.807) is 12.1 Å². The standard InChI is InChI=1S/C15H14N2O3/c1-10-5-6-11(2)12(8-10)9-17-15(18)20-14(16-17)13-4-3-7-19-13/h3-8H,9H2,1-2H3. The average molecular weight is 270 g/mol. The minimum absolute atomic E-state index is 0.199. The summed E-state index contributed by atoms with van der Waals surface area (Å²) in [6.45, 7) is 4.41. The van der Waals surface area contributed by atoms with Crippen molar-refractivity contribution in [1.29, 1.82) is 0 Å². The van der Waals surface area contributed by atoms with E-state index in [0.29, 0.717) is 12.3 Å². The van der Waals surface area contributed by atoms with Gasteiger partial charge >= 0.3 is 5.76 Å². The highest BCUT2D eigenvalue weighted by atomic mass is 16.4. The maximum atomic E-state index is 11.8. The summed E-state index contributed by atoms with van der Waals surface area (Å²) in [7, 11) is 0. The highest BCUT2D eigenvalue weighted by Gasteiger charge is 2.13. The van der Waals surface area contributed by atoms with Gasteiger partial charge in [0.05, 0.1) is 12.8 Å². The fourth-order valence-corrected chi connectivity index (χ4v) is 2.04. The largest absolute Gasteiger partial charge is 0.459 e.